The summed E-state index contributed by atoms with van der Waals surface area (Å²) in [4.78, 5) is 12.2. The summed E-state index contributed by atoms with van der Waals surface area (Å²) in [6.07, 6.45) is 2.97. The van der Waals surface area contributed by atoms with Gasteiger partial charge in [-0.15, -0.1) is 0 Å². The number of amides is 1. The molecular weight excluding hydrogens is 360 g/mol. The van der Waals surface area contributed by atoms with E-state index >= 15 is 0 Å². The molecule has 2 aromatic carbocycles. The molecule has 0 aromatic heterocycles. The van der Waals surface area contributed by atoms with Crippen molar-refractivity contribution in [2.24, 2.45) is 5.10 Å². The Kier molecular flexibility index (Phi) is 5.94. The molecule has 0 aliphatic carbocycles. The van der Waals surface area contributed by atoms with Crippen LogP contribution in [0.1, 0.15) is 15.9 Å². The standard InChI is InChI=1S/C17H15BrN2O3/c1-2-9-23-16-8-7-13(18)10-14(16)17(22)20-19-11-12-5-3-4-6-15(12)21/h2-8,10-11,21H,1,9H2,(H,20,22)/b19-11+. The fourth-order valence-corrected chi connectivity index (χ4v) is 2.13. The van der Waals surface area contributed by atoms with Gasteiger partial charge in [0.1, 0.15) is 18.1 Å². The van der Waals surface area contributed by atoms with E-state index < -0.39 is 5.91 Å². The third kappa shape index (κ3) is 4.69. The van der Waals surface area contributed by atoms with Gasteiger partial charge in [-0.1, -0.05) is 40.7 Å². The van der Waals surface area contributed by atoms with Gasteiger partial charge in [0.2, 0.25) is 0 Å². The summed E-state index contributed by atoms with van der Waals surface area (Å²) in [5.74, 6) is 0.100. The van der Waals surface area contributed by atoms with E-state index in [4.69, 9.17) is 4.74 Å². The average Bonchev–Trinajstić information content (AvgIpc) is 2.55. The number of phenolic OH excluding ortho intramolecular Hbond substituents is 1. The average molecular weight is 375 g/mol. The van der Waals surface area contributed by atoms with Crippen molar-refractivity contribution in [2.45, 2.75) is 0 Å². The summed E-state index contributed by atoms with van der Waals surface area (Å²) in [6.45, 7) is 3.87. The van der Waals surface area contributed by atoms with Crippen molar-refractivity contribution in [3.8, 4) is 11.5 Å². The Balaban J connectivity index is 2.12. The van der Waals surface area contributed by atoms with Gasteiger partial charge >= 0.3 is 0 Å². The summed E-state index contributed by atoms with van der Waals surface area (Å²) in [5, 5.41) is 13.5. The molecule has 6 heteroatoms. The van der Waals surface area contributed by atoms with E-state index in [2.05, 4.69) is 33.0 Å². The first-order chi connectivity index (χ1) is 11.1. The maximum Gasteiger partial charge on any atom is 0.275 e. The van der Waals surface area contributed by atoms with Crippen LogP contribution in [0.4, 0.5) is 0 Å². The van der Waals surface area contributed by atoms with Gasteiger partial charge in [-0.3, -0.25) is 4.79 Å². The van der Waals surface area contributed by atoms with E-state index in [0.29, 0.717) is 23.5 Å². The number of phenols is 1. The molecule has 0 unspecified atom stereocenters. The predicted octanol–water partition coefficient (Wildman–Crippen LogP) is 3.48. The third-order valence-electron chi connectivity index (χ3n) is 2.85. The molecular formula is C17H15BrN2O3. The second-order valence-corrected chi connectivity index (χ2v) is 5.41. The highest BCUT2D eigenvalue weighted by Gasteiger charge is 2.12. The molecule has 5 nitrogen and oxygen atoms in total. The van der Waals surface area contributed by atoms with Gasteiger partial charge in [-0.25, -0.2) is 5.43 Å². The van der Waals surface area contributed by atoms with Crippen LogP contribution in [0.5, 0.6) is 11.5 Å². The number of rotatable bonds is 6. The molecule has 0 fully saturated rings. The number of halogens is 1. The number of hydrogen-bond donors (Lipinski definition) is 2. The smallest absolute Gasteiger partial charge is 0.275 e. The van der Waals surface area contributed by atoms with Crippen molar-refractivity contribution in [3.63, 3.8) is 0 Å². The number of nitrogens with one attached hydrogen (secondary N) is 1. The number of para-hydroxylation sites is 1. The largest absolute Gasteiger partial charge is 0.507 e. The van der Waals surface area contributed by atoms with E-state index in [1.165, 1.54) is 6.21 Å². The third-order valence-corrected chi connectivity index (χ3v) is 3.34. The maximum absolute atomic E-state index is 12.2. The first-order valence-corrected chi connectivity index (χ1v) is 7.55. The van der Waals surface area contributed by atoms with Crippen molar-refractivity contribution in [3.05, 3.63) is 70.7 Å². The van der Waals surface area contributed by atoms with Crippen LogP contribution >= 0.6 is 15.9 Å². The molecule has 0 heterocycles. The fraction of sp³-hybridized carbons (Fsp3) is 0.0588. The number of aromatic hydroxyl groups is 1. The van der Waals surface area contributed by atoms with Gasteiger partial charge in [-0.2, -0.15) is 5.10 Å². The molecule has 0 bridgehead atoms. The summed E-state index contributed by atoms with van der Waals surface area (Å²) in [5.41, 5.74) is 3.26. The van der Waals surface area contributed by atoms with Crippen LogP contribution in [0.15, 0.2) is 64.7 Å². The van der Waals surface area contributed by atoms with Crippen LogP contribution in [0.3, 0.4) is 0 Å². The highest BCUT2D eigenvalue weighted by molar-refractivity contribution is 9.10. The van der Waals surface area contributed by atoms with E-state index in [1.807, 2.05) is 0 Å². The van der Waals surface area contributed by atoms with Crippen molar-refractivity contribution in [1.29, 1.82) is 0 Å². The maximum atomic E-state index is 12.2. The molecule has 23 heavy (non-hydrogen) atoms. The normalized spacial score (nSPS) is 10.5. The number of benzene rings is 2. The Morgan fingerprint density at radius 1 is 1.35 bits per heavy atom. The van der Waals surface area contributed by atoms with Crippen LogP contribution < -0.4 is 10.2 Å². The minimum absolute atomic E-state index is 0.0861. The Morgan fingerprint density at radius 2 is 2.13 bits per heavy atom. The zero-order chi connectivity index (χ0) is 16.7. The number of carbonyl (C=O) groups is 1. The molecule has 0 saturated heterocycles. The minimum Gasteiger partial charge on any atom is -0.507 e. The van der Waals surface area contributed by atoms with Crippen LogP contribution in [-0.4, -0.2) is 23.8 Å². The SMILES string of the molecule is C=CCOc1ccc(Br)cc1C(=O)N/N=C/c1ccccc1O. The monoisotopic (exact) mass is 374 g/mol. The first-order valence-electron chi connectivity index (χ1n) is 6.76. The molecule has 2 N–H and O–H groups in total. The summed E-state index contributed by atoms with van der Waals surface area (Å²) >= 11 is 3.32. The van der Waals surface area contributed by atoms with Crippen molar-refractivity contribution >= 4 is 28.1 Å². The van der Waals surface area contributed by atoms with Crippen molar-refractivity contribution in [1.82, 2.24) is 5.43 Å². The van der Waals surface area contributed by atoms with E-state index in [9.17, 15) is 9.90 Å². The van der Waals surface area contributed by atoms with Crippen LogP contribution in [0, 0.1) is 0 Å². The van der Waals surface area contributed by atoms with Gasteiger partial charge < -0.3 is 9.84 Å². The molecule has 1 amide bonds. The first kappa shape index (κ1) is 16.8. The number of nitrogens with zero attached hydrogens (tertiary/aromatic N) is 1. The molecule has 0 saturated carbocycles. The second kappa shape index (κ2) is 8.14. The van der Waals surface area contributed by atoms with Crippen LogP contribution in [0.25, 0.3) is 0 Å². The summed E-state index contributed by atoms with van der Waals surface area (Å²) < 4.78 is 6.20. The van der Waals surface area contributed by atoms with Gasteiger partial charge in [-0.05, 0) is 30.3 Å². The summed E-state index contributed by atoms with van der Waals surface area (Å²) in [7, 11) is 0. The van der Waals surface area contributed by atoms with Gasteiger partial charge in [0.15, 0.2) is 0 Å². The Bertz CT molecular complexity index is 744. The lowest BCUT2D eigenvalue weighted by atomic mass is 10.2. The molecule has 118 valence electrons. The molecule has 0 radical (unpaired) electrons. The topological polar surface area (TPSA) is 70.9 Å². The quantitative estimate of drug-likeness (QED) is 0.461. The van der Waals surface area contributed by atoms with Crippen molar-refractivity contribution in [2.75, 3.05) is 6.61 Å². The van der Waals surface area contributed by atoms with Crippen LogP contribution in [-0.2, 0) is 0 Å². The lowest BCUT2D eigenvalue weighted by molar-refractivity contribution is 0.0951. The zero-order valence-electron chi connectivity index (χ0n) is 12.2. The Morgan fingerprint density at radius 3 is 2.87 bits per heavy atom. The minimum atomic E-state index is -0.419. The fourth-order valence-electron chi connectivity index (χ4n) is 1.77. The molecule has 0 aliphatic rings. The van der Waals surface area contributed by atoms with E-state index in [1.54, 1.807) is 48.5 Å². The lowest BCUT2D eigenvalue weighted by Crippen LogP contribution is -2.19. The Hall–Kier alpha value is -2.60. The highest BCUT2D eigenvalue weighted by atomic mass is 79.9. The number of hydrogen-bond acceptors (Lipinski definition) is 4. The number of hydrazone groups is 1. The summed E-state index contributed by atoms with van der Waals surface area (Å²) in [6, 6.07) is 11.8. The molecule has 0 spiro atoms. The molecule has 2 rings (SSSR count). The molecule has 2 aromatic rings. The van der Waals surface area contributed by atoms with E-state index in [0.717, 1.165) is 4.47 Å². The number of carbonyl (C=O) groups excluding carboxylic acids is 1. The van der Waals surface area contributed by atoms with Crippen molar-refractivity contribution < 1.29 is 14.6 Å². The lowest BCUT2D eigenvalue weighted by Gasteiger charge is -2.09. The van der Waals surface area contributed by atoms with Crippen LogP contribution in [0.2, 0.25) is 0 Å². The molecule has 0 aliphatic heterocycles. The predicted molar refractivity (Wildman–Crippen MR) is 93.0 cm³/mol. The zero-order valence-corrected chi connectivity index (χ0v) is 13.8. The van der Waals surface area contributed by atoms with Gasteiger partial charge in [0.25, 0.3) is 5.91 Å². The second-order valence-electron chi connectivity index (χ2n) is 4.50. The van der Waals surface area contributed by atoms with Gasteiger partial charge in [0.05, 0.1) is 11.8 Å². The highest BCUT2D eigenvalue weighted by Crippen LogP contribution is 2.23. The number of ether oxygens (including phenoxy) is 1. The van der Waals surface area contributed by atoms with Gasteiger partial charge in [0, 0.05) is 10.0 Å². The Labute approximate surface area is 142 Å². The molecule has 0 atom stereocenters. The van der Waals surface area contributed by atoms with E-state index in [-0.39, 0.29) is 5.75 Å².